The number of hydrogen-bond donors (Lipinski definition) is 0. The van der Waals surface area contributed by atoms with Crippen molar-refractivity contribution in [3.05, 3.63) is 165 Å². The third-order valence-electron chi connectivity index (χ3n) is 10.0. The average molecular weight is 669 g/mol. The van der Waals surface area contributed by atoms with Gasteiger partial charge in [0.1, 0.15) is 22.5 Å². The number of aryl methyl sites for hydroxylation is 2. The standard InChI is InChI=1S/C46H53O2P/c1-31-12-28-41(47-31)49(42-29-13-32(2)48-42)40-27-26-39(30-40)46(36-20-14-33(15-21-36)43(3,4)5,37-22-16-34(17-23-37)44(6,7)8)38-24-18-35(19-25-38)45(9,10)11/h12-26,28-30H,27H2,1-11H3. The van der Waals surface area contributed by atoms with Gasteiger partial charge in [-0.3, -0.25) is 0 Å². The Kier molecular flexibility index (Phi) is 9.13. The fourth-order valence-electron chi connectivity index (χ4n) is 7.07. The molecule has 254 valence electrons. The summed E-state index contributed by atoms with van der Waals surface area (Å²) < 4.78 is 12.7. The first-order valence-electron chi connectivity index (χ1n) is 17.7. The quantitative estimate of drug-likeness (QED) is 0.127. The lowest BCUT2D eigenvalue weighted by atomic mass is 9.64. The normalized spacial score (nSPS) is 14.4. The molecule has 0 fully saturated rings. The van der Waals surface area contributed by atoms with Crippen LogP contribution in [0.4, 0.5) is 0 Å². The van der Waals surface area contributed by atoms with Crippen molar-refractivity contribution in [3.8, 4) is 0 Å². The van der Waals surface area contributed by atoms with E-state index >= 15 is 0 Å². The first-order valence-corrected chi connectivity index (χ1v) is 19.0. The summed E-state index contributed by atoms with van der Waals surface area (Å²) in [5, 5.41) is 1.34. The van der Waals surface area contributed by atoms with Gasteiger partial charge < -0.3 is 8.83 Å². The fourth-order valence-corrected chi connectivity index (χ4v) is 9.31. The molecule has 2 nitrogen and oxygen atoms in total. The van der Waals surface area contributed by atoms with Crippen LogP contribution in [0.5, 0.6) is 0 Å². The van der Waals surface area contributed by atoms with Gasteiger partial charge >= 0.3 is 0 Å². The van der Waals surface area contributed by atoms with Crippen LogP contribution < -0.4 is 11.0 Å². The van der Waals surface area contributed by atoms with Crippen LogP contribution in [0, 0.1) is 13.8 Å². The summed E-state index contributed by atoms with van der Waals surface area (Å²) in [5.74, 6) is 1.84. The molecular weight excluding hydrogens is 615 g/mol. The highest BCUT2D eigenvalue weighted by Crippen LogP contribution is 2.54. The van der Waals surface area contributed by atoms with E-state index in [2.05, 4.69) is 172 Å². The zero-order chi connectivity index (χ0) is 35.4. The molecule has 3 aromatic carbocycles. The van der Waals surface area contributed by atoms with Crippen LogP contribution >= 0.6 is 7.92 Å². The molecule has 0 amide bonds. The van der Waals surface area contributed by atoms with Crippen molar-refractivity contribution < 1.29 is 8.83 Å². The van der Waals surface area contributed by atoms with E-state index in [1.165, 1.54) is 44.3 Å². The van der Waals surface area contributed by atoms with Gasteiger partial charge in [0.05, 0.1) is 13.3 Å². The Bertz CT molecular complexity index is 1790. The molecule has 0 atom stereocenters. The van der Waals surface area contributed by atoms with Gasteiger partial charge in [-0.25, -0.2) is 0 Å². The molecule has 0 N–H and O–H groups in total. The molecule has 1 aliphatic carbocycles. The van der Waals surface area contributed by atoms with Gasteiger partial charge in [0.2, 0.25) is 0 Å². The average Bonchev–Trinajstić information content (AvgIpc) is 3.80. The summed E-state index contributed by atoms with van der Waals surface area (Å²) in [7, 11) is -0.977. The van der Waals surface area contributed by atoms with Gasteiger partial charge in [-0.05, 0) is 105 Å². The molecule has 0 saturated heterocycles. The van der Waals surface area contributed by atoms with Crippen LogP contribution in [-0.4, -0.2) is 0 Å². The van der Waals surface area contributed by atoms with E-state index in [-0.39, 0.29) is 16.2 Å². The second kappa shape index (κ2) is 12.8. The predicted molar refractivity (Wildman–Crippen MR) is 209 cm³/mol. The van der Waals surface area contributed by atoms with E-state index in [4.69, 9.17) is 8.83 Å². The summed E-state index contributed by atoms with van der Waals surface area (Å²) in [6.45, 7) is 24.6. The number of furan rings is 2. The minimum Gasteiger partial charge on any atom is -0.461 e. The lowest BCUT2D eigenvalue weighted by Gasteiger charge is -2.38. The number of allylic oxidation sites excluding steroid dienone is 4. The summed E-state index contributed by atoms with van der Waals surface area (Å²) >= 11 is 0. The summed E-state index contributed by atoms with van der Waals surface area (Å²) in [5.41, 5.74) is 10.7. The fraction of sp³-hybridized carbons (Fsp3) is 0.348. The zero-order valence-electron chi connectivity index (χ0n) is 31.4. The van der Waals surface area contributed by atoms with Crippen molar-refractivity contribution >= 4 is 18.9 Å². The third-order valence-corrected chi connectivity index (χ3v) is 12.3. The Morgan fingerprint density at radius 3 is 1.06 bits per heavy atom. The Hall–Kier alpha value is -3.87. The first-order chi connectivity index (χ1) is 23.0. The number of hydrogen-bond acceptors (Lipinski definition) is 2. The highest BCUT2D eigenvalue weighted by atomic mass is 31.1. The van der Waals surface area contributed by atoms with Gasteiger partial charge in [-0.15, -0.1) is 0 Å². The monoisotopic (exact) mass is 668 g/mol. The molecule has 2 aromatic heterocycles. The third kappa shape index (κ3) is 6.82. The molecule has 0 radical (unpaired) electrons. The molecule has 1 aliphatic rings. The van der Waals surface area contributed by atoms with E-state index in [1.54, 1.807) is 0 Å². The lowest BCUT2D eigenvalue weighted by Crippen LogP contribution is -2.31. The largest absolute Gasteiger partial charge is 0.461 e. The van der Waals surface area contributed by atoms with Crippen LogP contribution in [0.3, 0.4) is 0 Å². The molecule has 49 heavy (non-hydrogen) atoms. The van der Waals surface area contributed by atoms with Gasteiger partial charge in [-0.1, -0.05) is 147 Å². The van der Waals surface area contributed by atoms with Gasteiger partial charge in [-0.2, -0.15) is 0 Å². The zero-order valence-corrected chi connectivity index (χ0v) is 32.3. The molecule has 0 bridgehead atoms. The van der Waals surface area contributed by atoms with Crippen LogP contribution in [0.25, 0.3) is 0 Å². The van der Waals surface area contributed by atoms with Crippen LogP contribution in [0.1, 0.15) is 114 Å². The second-order valence-corrected chi connectivity index (χ2v) is 19.0. The molecular formula is C46H53O2P. The SMILES string of the molecule is Cc1ccc(P(C2=CC(C(c3ccc(C(C)(C)C)cc3)(c3ccc(C(C)(C)C)cc3)c3ccc(C(C)(C)C)cc3)=CC2)c2ccc(C)o2)o1. The maximum atomic E-state index is 6.34. The van der Waals surface area contributed by atoms with E-state index in [0.29, 0.717) is 0 Å². The van der Waals surface area contributed by atoms with Crippen LogP contribution in [0.2, 0.25) is 0 Å². The maximum Gasteiger partial charge on any atom is 0.137 e. The van der Waals surface area contributed by atoms with Gasteiger partial charge in [0.15, 0.2) is 0 Å². The number of rotatable bonds is 7. The van der Waals surface area contributed by atoms with Crippen molar-refractivity contribution in [2.24, 2.45) is 0 Å². The maximum absolute atomic E-state index is 6.34. The smallest absolute Gasteiger partial charge is 0.137 e. The molecule has 0 saturated carbocycles. The molecule has 2 heterocycles. The molecule has 0 spiro atoms. The predicted octanol–water partition coefficient (Wildman–Crippen LogP) is 12.1. The van der Waals surface area contributed by atoms with Crippen molar-refractivity contribution in [1.29, 1.82) is 0 Å². The van der Waals surface area contributed by atoms with Crippen LogP contribution in [0.15, 0.2) is 129 Å². The lowest BCUT2D eigenvalue weighted by molar-refractivity contribution is 0.558. The van der Waals surface area contributed by atoms with Crippen molar-refractivity contribution in [2.45, 2.75) is 104 Å². The number of benzene rings is 3. The van der Waals surface area contributed by atoms with Crippen molar-refractivity contribution in [1.82, 2.24) is 0 Å². The Morgan fingerprint density at radius 2 is 0.776 bits per heavy atom. The Balaban J connectivity index is 1.62. The second-order valence-electron chi connectivity index (χ2n) is 16.8. The van der Waals surface area contributed by atoms with E-state index in [1.807, 2.05) is 13.8 Å². The molecule has 0 aliphatic heterocycles. The van der Waals surface area contributed by atoms with Gasteiger partial charge in [0, 0.05) is 0 Å². The van der Waals surface area contributed by atoms with E-state index in [0.717, 1.165) is 28.9 Å². The summed E-state index contributed by atoms with van der Waals surface area (Å²) in [6, 6.07) is 36.6. The Morgan fingerprint density at radius 1 is 0.449 bits per heavy atom. The summed E-state index contributed by atoms with van der Waals surface area (Å²) in [4.78, 5) is 0. The molecule has 6 rings (SSSR count). The van der Waals surface area contributed by atoms with Crippen LogP contribution in [-0.2, 0) is 21.7 Å². The summed E-state index contributed by atoms with van der Waals surface area (Å²) in [6.07, 6.45) is 5.76. The minimum atomic E-state index is -0.977. The van der Waals surface area contributed by atoms with E-state index in [9.17, 15) is 0 Å². The van der Waals surface area contributed by atoms with Crippen molar-refractivity contribution in [3.63, 3.8) is 0 Å². The van der Waals surface area contributed by atoms with E-state index < -0.39 is 13.3 Å². The van der Waals surface area contributed by atoms with Gasteiger partial charge in [0.25, 0.3) is 0 Å². The molecule has 5 aromatic rings. The molecule has 3 heteroatoms. The van der Waals surface area contributed by atoms with Crippen molar-refractivity contribution in [2.75, 3.05) is 0 Å². The highest BCUT2D eigenvalue weighted by Gasteiger charge is 2.42. The topological polar surface area (TPSA) is 26.3 Å². The highest BCUT2D eigenvalue weighted by molar-refractivity contribution is 7.76. The first kappa shape index (κ1) is 35.0. The Labute approximate surface area is 296 Å². The minimum absolute atomic E-state index is 0.0573. The molecule has 0 unspecified atom stereocenters.